The zero-order chi connectivity index (χ0) is 22.0. The van der Waals surface area contributed by atoms with Crippen molar-refractivity contribution in [1.29, 1.82) is 0 Å². The van der Waals surface area contributed by atoms with E-state index in [1.165, 1.54) is 0 Å². The summed E-state index contributed by atoms with van der Waals surface area (Å²) in [5.41, 5.74) is 4.08. The molecule has 8 heteroatoms. The fourth-order valence-electron chi connectivity index (χ4n) is 4.28. The van der Waals surface area contributed by atoms with Gasteiger partial charge < -0.3 is 19.7 Å². The van der Waals surface area contributed by atoms with E-state index in [0.29, 0.717) is 18.2 Å². The molecule has 0 aliphatic carbocycles. The molecule has 8 nitrogen and oxygen atoms in total. The number of aryl methyl sites for hydroxylation is 2. The summed E-state index contributed by atoms with van der Waals surface area (Å²) in [6.07, 6.45) is 3.52. The van der Waals surface area contributed by atoms with E-state index < -0.39 is 0 Å². The first-order valence-electron chi connectivity index (χ1n) is 10.7. The van der Waals surface area contributed by atoms with Gasteiger partial charge >= 0.3 is 5.97 Å². The molecular formula is C23H29N5O3. The average molecular weight is 424 g/mol. The third-order valence-electron chi connectivity index (χ3n) is 5.75. The van der Waals surface area contributed by atoms with Gasteiger partial charge in [0.15, 0.2) is 5.65 Å². The number of methoxy groups -OCH3 is 1. The molecule has 1 aromatic carbocycles. The van der Waals surface area contributed by atoms with E-state index in [1.807, 2.05) is 39.1 Å². The molecule has 1 N–H and O–H groups in total. The van der Waals surface area contributed by atoms with Crippen LogP contribution in [0.3, 0.4) is 0 Å². The first-order valence-corrected chi connectivity index (χ1v) is 10.7. The maximum atomic E-state index is 12.7. The molecule has 0 saturated carbocycles. The van der Waals surface area contributed by atoms with Gasteiger partial charge in [-0.05, 0) is 38.8 Å². The minimum absolute atomic E-state index is 0.328. The molecule has 3 heterocycles. The van der Waals surface area contributed by atoms with Crippen LogP contribution >= 0.6 is 0 Å². The number of rotatable bonds is 6. The summed E-state index contributed by atoms with van der Waals surface area (Å²) in [6, 6.07) is 8.34. The van der Waals surface area contributed by atoms with Crippen LogP contribution in [0.15, 0.2) is 30.5 Å². The van der Waals surface area contributed by atoms with E-state index in [-0.39, 0.29) is 5.97 Å². The Morgan fingerprint density at radius 3 is 2.77 bits per heavy atom. The number of pyridine rings is 1. The van der Waals surface area contributed by atoms with Crippen LogP contribution in [0.2, 0.25) is 0 Å². The first kappa shape index (κ1) is 21.0. The second-order valence-corrected chi connectivity index (χ2v) is 7.79. The molecule has 0 unspecified atom stereocenters. The predicted molar refractivity (Wildman–Crippen MR) is 121 cm³/mol. The lowest BCUT2D eigenvalue weighted by Gasteiger charge is -2.35. The van der Waals surface area contributed by atoms with Crippen molar-refractivity contribution >= 4 is 28.4 Å². The normalized spacial score (nSPS) is 14.6. The quantitative estimate of drug-likeness (QED) is 0.607. The van der Waals surface area contributed by atoms with Gasteiger partial charge in [0.25, 0.3) is 0 Å². The van der Waals surface area contributed by atoms with Crippen LogP contribution in [0, 0.1) is 6.92 Å². The van der Waals surface area contributed by atoms with Gasteiger partial charge in [0, 0.05) is 44.1 Å². The molecule has 0 spiro atoms. The number of nitrogens with one attached hydrogen (secondary N) is 1. The number of esters is 1. The van der Waals surface area contributed by atoms with Crippen molar-refractivity contribution in [3.05, 3.63) is 41.7 Å². The van der Waals surface area contributed by atoms with Crippen molar-refractivity contribution in [1.82, 2.24) is 14.8 Å². The number of carbonyl (C=O) groups is 1. The Kier molecular flexibility index (Phi) is 5.97. The van der Waals surface area contributed by atoms with Gasteiger partial charge in [-0.2, -0.15) is 5.10 Å². The molecule has 1 saturated heterocycles. The summed E-state index contributed by atoms with van der Waals surface area (Å²) in [4.78, 5) is 19.5. The Labute approximate surface area is 182 Å². The van der Waals surface area contributed by atoms with E-state index in [2.05, 4.69) is 26.4 Å². The maximum absolute atomic E-state index is 12.7. The SMILES string of the molecule is CCOC(=O)c1cnc2c(c(C)nn2C)c1N1CCC(Nc2cccc(OC)c2)CC1. The van der Waals surface area contributed by atoms with Crippen LogP contribution < -0.4 is 15.0 Å². The molecule has 0 amide bonds. The summed E-state index contributed by atoms with van der Waals surface area (Å²) in [7, 11) is 3.55. The number of hydrogen-bond acceptors (Lipinski definition) is 7. The predicted octanol–water partition coefficient (Wildman–Crippen LogP) is 3.54. The Morgan fingerprint density at radius 2 is 2.06 bits per heavy atom. The van der Waals surface area contributed by atoms with Crippen LogP contribution in [0.5, 0.6) is 5.75 Å². The second kappa shape index (κ2) is 8.83. The number of benzene rings is 1. The highest BCUT2D eigenvalue weighted by molar-refractivity contribution is 6.05. The fraction of sp³-hybridized carbons (Fsp3) is 0.435. The molecule has 0 bridgehead atoms. The monoisotopic (exact) mass is 423 g/mol. The highest BCUT2D eigenvalue weighted by Crippen LogP contribution is 2.34. The minimum Gasteiger partial charge on any atom is -0.497 e. The Balaban J connectivity index is 1.59. The third-order valence-corrected chi connectivity index (χ3v) is 5.75. The maximum Gasteiger partial charge on any atom is 0.341 e. The van der Waals surface area contributed by atoms with Gasteiger partial charge in [-0.15, -0.1) is 0 Å². The third kappa shape index (κ3) is 4.15. The zero-order valence-electron chi connectivity index (χ0n) is 18.5. The summed E-state index contributed by atoms with van der Waals surface area (Å²) in [5, 5.41) is 9.06. The van der Waals surface area contributed by atoms with Gasteiger partial charge in [0.2, 0.25) is 0 Å². The zero-order valence-corrected chi connectivity index (χ0v) is 18.5. The highest BCUT2D eigenvalue weighted by atomic mass is 16.5. The second-order valence-electron chi connectivity index (χ2n) is 7.79. The van der Waals surface area contributed by atoms with Gasteiger partial charge in [0.1, 0.15) is 11.3 Å². The summed E-state index contributed by atoms with van der Waals surface area (Å²) in [6.45, 7) is 5.74. The number of nitrogens with zero attached hydrogens (tertiary/aromatic N) is 4. The van der Waals surface area contributed by atoms with Crippen LogP contribution in [0.4, 0.5) is 11.4 Å². The van der Waals surface area contributed by atoms with Crippen LogP contribution in [-0.2, 0) is 11.8 Å². The summed E-state index contributed by atoms with van der Waals surface area (Å²) in [5.74, 6) is 0.500. The largest absolute Gasteiger partial charge is 0.497 e. The highest BCUT2D eigenvalue weighted by Gasteiger charge is 2.28. The topological polar surface area (TPSA) is 81.5 Å². The number of fused-ring (bicyclic) bond motifs is 1. The molecule has 164 valence electrons. The molecule has 1 fully saturated rings. The molecule has 4 rings (SSSR count). The van der Waals surface area contributed by atoms with E-state index >= 15 is 0 Å². The molecule has 0 atom stereocenters. The number of hydrogen-bond donors (Lipinski definition) is 1. The van der Waals surface area contributed by atoms with Crippen LogP contribution in [0.25, 0.3) is 11.0 Å². The lowest BCUT2D eigenvalue weighted by molar-refractivity contribution is 0.0526. The smallest absolute Gasteiger partial charge is 0.341 e. The first-order chi connectivity index (χ1) is 15.0. The Hall–Kier alpha value is -3.29. The van der Waals surface area contributed by atoms with Crippen molar-refractivity contribution in [2.45, 2.75) is 32.7 Å². The number of carbonyl (C=O) groups excluding carboxylic acids is 1. The standard InChI is InChI=1S/C23H29N5O3/c1-5-31-23(29)19-14-24-22-20(15(2)26-27(22)3)21(19)28-11-9-16(10-12-28)25-17-7-6-8-18(13-17)30-4/h6-8,13-14,16,25H,5,9-12H2,1-4H3. The van der Waals surface area contributed by atoms with E-state index in [0.717, 1.165) is 59.8 Å². The number of piperidine rings is 1. The molecule has 1 aliphatic rings. The molecule has 31 heavy (non-hydrogen) atoms. The average Bonchev–Trinajstić information content (AvgIpc) is 3.07. The van der Waals surface area contributed by atoms with Crippen LogP contribution in [-0.4, -0.2) is 53.6 Å². The Bertz CT molecular complexity index is 1090. The van der Waals surface area contributed by atoms with Crippen molar-refractivity contribution < 1.29 is 14.3 Å². The molecule has 3 aromatic rings. The van der Waals surface area contributed by atoms with E-state index in [9.17, 15) is 4.79 Å². The van der Waals surface area contributed by atoms with Gasteiger partial charge in [-0.25, -0.2) is 9.78 Å². The number of aromatic nitrogens is 3. The van der Waals surface area contributed by atoms with E-state index in [1.54, 1.807) is 18.0 Å². The Morgan fingerprint density at radius 1 is 1.29 bits per heavy atom. The van der Waals surface area contributed by atoms with Crippen molar-refractivity contribution in [3.63, 3.8) is 0 Å². The number of ether oxygens (including phenoxy) is 2. The van der Waals surface area contributed by atoms with E-state index in [4.69, 9.17) is 9.47 Å². The van der Waals surface area contributed by atoms with Crippen LogP contribution in [0.1, 0.15) is 35.8 Å². The molecule has 2 aromatic heterocycles. The molecule has 1 aliphatic heterocycles. The fourth-order valence-corrected chi connectivity index (χ4v) is 4.28. The van der Waals surface area contributed by atoms with Crippen molar-refractivity contribution in [3.8, 4) is 5.75 Å². The molecule has 0 radical (unpaired) electrons. The van der Waals surface area contributed by atoms with Gasteiger partial charge in [-0.1, -0.05) is 6.07 Å². The van der Waals surface area contributed by atoms with Gasteiger partial charge in [-0.3, -0.25) is 4.68 Å². The lowest BCUT2D eigenvalue weighted by atomic mass is 10.0. The molecular weight excluding hydrogens is 394 g/mol. The minimum atomic E-state index is -0.341. The lowest BCUT2D eigenvalue weighted by Crippen LogP contribution is -2.40. The summed E-state index contributed by atoms with van der Waals surface area (Å²) >= 11 is 0. The van der Waals surface area contributed by atoms with Crippen molar-refractivity contribution in [2.24, 2.45) is 7.05 Å². The van der Waals surface area contributed by atoms with Crippen molar-refractivity contribution in [2.75, 3.05) is 37.0 Å². The summed E-state index contributed by atoms with van der Waals surface area (Å²) < 4.78 is 12.4. The van der Waals surface area contributed by atoms with Gasteiger partial charge in [0.05, 0.1) is 30.5 Å². The number of anilines is 2.